The van der Waals surface area contributed by atoms with Crippen LogP contribution in [-0.2, 0) is 0 Å². The van der Waals surface area contributed by atoms with Crippen molar-refractivity contribution < 1.29 is 4.92 Å². The Morgan fingerprint density at radius 2 is 2.18 bits per heavy atom. The first-order valence-electron chi connectivity index (χ1n) is 5.43. The van der Waals surface area contributed by atoms with Gasteiger partial charge >= 0.3 is 0 Å². The molecule has 3 N–H and O–H groups in total. The Kier molecular flexibility index (Phi) is 4.71. The summed E-state index contributed by atoms with van der Waals surface area (Å²) < 4.78 is 0. The zero-order valence-corrected chi connectivity index (χ0v) is 10.1. The van der Waals surface area contributed by atoms with E-state index < -0.39 is 4.92 Å². The van der Waals surface area contributed by atoms with E-state index in [4.69, 9.17) is 5.73 Å². The molecule has 1 aromatic carbocycles. The molecule has 6 heteroatoms. The lowest BCUT2D eigenvalue weighted by molar-refractivity contribution is -0.383. The number of rotatable bonds is 6. The number of nitrogens with two attached hydrogens (primary N) is 1. The third-order valence-corrected chi connectivity index (χ3v) is 2.32. The Morgan fingerprint density at radius 1 is 1.47 bits per heavy atom. The van der Waals surface area contributed by atoms with E-state index in [1.165, 1.54) is 6.07 Å². The first-order valence-corrected chi connectivity index (χ1v) is 5.43. The van der Waals surface area contributed by atoms with Crippen LogP contribution in [0.2, 0.25) is 0 Å². The van der Waals surface area contributed by atoms with Crippen LogP contribution >= 0.6 is 0 Å². The molecule has 0 bridgehead atoms. The van der Waals surface area contributed by atoms with Crippen molar-refractivity contribution in [1.29, 1.82) is 0 Å². The van der Waals surface area contributed by atoms with E-state index >= 15 is 0 Å². The zero-order chi connectivity index (χ0) is 12.8. The lowest BCUT2D eigenvalue weighted by Gasteiger charge is -2.11. The van der Waals surface area contributed by atoms with Crippen LogP contribution in [0.5, 0.6) is 0 Å². The maximum absolute atomic E-state index is 10.8. The minimum atomic E-state index is -0.426. The van der Waals surface area contributed by atoms with Gasteiger partial charge < -0.3 is 16.0 Å². The molecular formula is C11H18N4O2. The monoisotopic (exact) mass is 238 g/mol. The average molecular weight is 238 g/mol. The number of nitro groups is 1. The molecule has 0 aliphatic heterocycles. The molecule has 0 unspecified atom stereocenters. The molecule has 0 fully saturated rings. The van der Waals surface area contributed by atoms with E-state index in [1.54, 1.807) is 12.1 Å². The van der Waals surface area contributed by atoms with Crippen LogP contribution in [0.25, 0.3) is 0 Å². The molecule has 0 saturated heterocycles. The van der Waals surface area contributed by atoms with Crippen LogP contribution in [0, 0.1) is 10.1 Å². The molecule has 17 heavy (non-hydrogen) atoms. The molecule has 0 spiro atoms. The molecular weight excluding hydrogens is 220 g/mol. The van der Waals surface area contributed by atoms with Crippen molar-refractivity contribution >= 4 is 17.1 Å². The summed E-state index contributed by atoms with van der Waals surface area (Å²) in [7, 11) is 3.98. The van der Waals surface area contributed by atoms with E-state index in [1.807, 2.05) is 14.1 Å². The SMILES string of the molecule is CN(C)CCCNc1ccc(N)cc1[N+](=O)[O-]. The first-order chi connectivity index (χ1) is 8.00. The van der Waals surface area contributed by atoms with Gasteiger partial charge in [0.15, 0.2) is 0 Å². The van der Waals surface area contributed by atoms with Gasteiger partial charge in [0.1, 0.15) is 5.69 Å². The largest absolute Gasteiger partial charge is 0.399 e. The third kappa shape index (κ3) is 4.28. The summed E-state index contributed by atoms with van der Waals surface area (Å²) in [5.41, 5.74) is 6.46. The fraction of sp³-hybridized carbons (Fsp3) is 0.455. The summed E-state index contributed by atoms with van der Waals surface area (Å²) in [4.78, 5) is 12.5. The maximum atomic E-state index is 10.8. The predicted molar refractivity (Wildman–Crippen MR) is 69.2 cm³/mol. The highest BCUT2D eigenvalue weighted by Gasteiger charge is 2.13. The second-order valence-corrected chi connectivity index (χ2v) is 4.12. The number of nitro benzene ring substituents is 1. The van der Waals surface area contributed by atoms with Gasteiger partial charge in [-0.05, 0) is 39.2 Å². The van der Waals surface area contributed by atoms with Gasteiger partial charge in [0.2, 0.25) is 0 Å². The number of hydrogen-bond donors (Lipinski definition) is 2. The molecule has 0 amide bonds. The number of anilines is 2. The van der Waals surface area contributed by atoms with Crippen molar-refractivity contribution in [3.8, 4) is 0 Å². The first kappa shape index (κ1) is 13.2. The maximum Gasteiger partial charge on any atom is 0.294 e. The van der Waals surface area contributed by atoms with Gasteiger partial charge in [-0.25, -0.2) is 0 Å². The van der Waals surface area contributed by atoms with Gasteiger partial charge in [-0.15, -0.1) is 0 Å². The molecule has 6 nitrogen and oxygen atoms in total. The Bertz CT molecular complexity index is 393. The smallest absolute Gasteiger partial charge is 0.294 e. The lowest BCUT2D eigenvalue weighted by Crippen LogP contribution is -2.16. The Balaban J connectivity index is 2.61. The van der Waals surface area contributed by atoms with Crippen molar-refractivity contribution in [2.24, 2.45) is 0 Å². The summed E-state index contributed by atoms with van der Waals surface area (Å²) in [6, 6.07) is 4.67. The number of benzene rings is 1. The van der Waals surface area contributed by atoms with E-state index in [2.05, 4.69) is 10.2 Å². The highest BCUT2D eigenvalue weighted by Crippen LogP contribution is 2.26. The number of nitrogens with one attached hydrogen (secondary N) is 1. The molecule has 0 aliphatic rings. The summed E-state index contributed by atoms with van der Waals surface area (Å²) in [5, 5.41) is 13.9. The topological polar surface area (TPSA) is 84.4 Å². The van der Waals surface area contributed by atoms with Crippen molar-refractivity contribution in [3.05, 3.63) is 28.3 Å². The number of hydrogen-bond acceptors (Lipinski definition) is 5. The minimum absolute atomic E-state index is 0.0230. The fourth-order valence-corrected chi connectivity index (χ4v) is 1.47. The normalized spacial score (nSPS) is 10.5. The Labute approximate surface area is 101 Å². The van der Waals surface area contributed by atoms with Crippen LogP contribution in [0.4, 0.5) is 17.1 Å². The van der Waals surface area contributed by atoms with Gasteiger partial charge in [0.25, 0.3) is 5.69 Å². The lowest BCUT2D eigenvalue weighted by atomic mass is 10.2. The highest BCUT2D eigenvalue weighted by atomic mass is 16.6. The average Bonchev–Trinajstić information content (AvgIpc) is 2.25. The number of nitrogen functional groups attached to an aromatic ring is 1. The van der Waals surface area contributed by atoms with Crippen LogP contribution in [0.3, 0.4) is 0 Å². The van der Waals surface area contributed by atoms with Gasteiger partial charge in [0.05, 0.1) is 4.92 Å². The van der Waals surface area contributed by atoms with Crippen LogP contribution in [-0.4, -0.2) is 37.0 Å². The molecule has 0 heterocycles. The minimum Gasteiger partial charge on any atom is -0.399 e. The van der Waals surface area contributed by atoms with E-state index in [0.29, 0.717) is 17.9 Å². The van der Waals surface area contributed by atoms with Crippen LogP contribution < -0.4 is 11.1 Å². The highest BCUT2D eigenvalue weighted by molar-refractivity contribution is 5.66. The van der Waals surface area contributed by atoms with Crippen molar-refractivity contribution in [1.82, 2.24) is 4.90 Å². The molecule has 0 saturated carbocycles. The third-order valence-electron chi connectivity index (χ3n) is 2.32. The predicted octanol–water partition coefficient (Wildman–Crippen LogP) is 1.54. The van der Waals surface area contributed by atoms with Gasteiger partial charge in [-0.2, -0.15) is 0 Å². The Morgan fingerprint density at radius 3 is 2.76 bits per heavy atom. The summed E-state index contributed by atoms with van der Waals surface area (Å²) >= 11 is 0. The Hall–Kier alpha value is -1.82. The van der Waals surface area contributed by atoms with Gasteiger partial charge in [-0.3, -0.25) is 10.1 Å². The van der Waals surface area contributed by atoms with E-state index in [-0.39, 0.29) is 5.69 Å². The van der Waals surface area contributed by atoms with E-state index in [0.717, 1.165) is 13.0 Å². The zero-order valence-electron chi connectivity index (χ0n) is 10.1. The molecule has 94 valence electrons. The molecule has 1 aromatic rings. The van der Waals surface area contributed by atoms with Crippen molar-refractivity contribution in [2.45, 2.75) is 6.42 Å². The molecule has 1 rings (SSSR count). The quantitative estimate of drug-likeness (QED) is 0.340. The molecule has 0 radical (unpaired) electrons. The standard InChI is InChI=1S/C11H18N4O2/c1-14(2)7-3-6-13-10-5-4-9(12)8-11(10)15(16)17/h4-5,8,13H,3,6-7,12H2,1-2H3. The molecule has 0 atom stereocenters. The second-order valence-electron chi connectivity index (χ2n) is 4.12. The molecule has 0 aliphatic carbocycles. The summed E-state index contributed by atoms with van der Waals surface area (Å²) in [6.45, 7) is 1.64. The van der Waals surface area contributed by atoms with Crippen molar-refractivity contribution in [2.75, 3.05) is 38.2 Å². The van der Waals surface area contributed by atoms with Crippen LogP contribution in [0.15, 0.2) is 18.2 Å². The summed E-state index contributed by atoms with van der Waals surface area (Å²) in [6.07, 6.45) is 0.925. The van der Waals surface area contributed by atoms with E-state index in [9.17, 15) is 10.1 Å². The van der Waals surface area contributed by atoms with Crippen LogP contribution in [0.1, 0.15) is 6.42 Å². The fourth-order valence-electron chi connectivity index (χ4n) is 1.47. The van der Waals surface area contributed by atoms with Gasteiger partial charge in [-0.1, -0.05) is 0 Å². The second kappa shape index (κ2) is 6.05. The van der Waals surface area contributed by atoms with Crippen molar-refractivity contribution in [3.63, 3.8) is 0 Å². The van der Waals surface area contributed by atoms with Gasteiger partial charge in [0, 0.05) is 18.3 Å². The number of nitrogens with zero attached hydrogens (tertiary/aromatic N) is 2. The summed E-state index contributed by atoms with van der Waals surface area (Å²) in [5.74, 6) is 0. The molecule has 0 aromatic heterocycles.